The van der Waals surface area contributed by atoms with Crippen molar-refractivity contribution in [2.24, 2.45) is 0 Å². The van der Waals surface area contributed by atoms with Crippen molar-refractivity contribution >= 4 is 34.6 Å². The number of benzene rings is 2. The Balaban J connectivity index is 1.47. The monoisotopic (exact) mass is 433 g/mol. The maximum atomic E-state index is 12.8. The Labute approximate surface area is 183 Å². The van der Waals surface area contributed by atoms with Crippen LogP contribution in [-0.2, 0) is 29.2 Å². The maximum absolute atomic E-state index is 12.8. The zero-order valence-electron chi connectivity index (χ0n) is 17.6. The second-order valence-corrected chi connectivity index (χ2v) is 7.09. The molecule has 0 saturated heterocycles. The number of rotatable bonds is 8. The van der Waals surface area contributed by atoms with Gasteiger partial charge in [-0.2, -0.15) is 15.0 Å². The van der Waals surface area contributed by atoms with E-state index in [0.29, 0.717) is 12.1 Å². The number of hydrogen-bond acceptors (Lipinski definition) is 8. The number of imidazole rings is 1. The van der Waals surface area contributed by atoms with Gasteiger partial charge >= 0.3 is 11.7 Å². The van der Waals surface area contributed by atoms with E-state index in [0.717, 1.165) is 17.6 Å². The number of nitrogen functional groups attached to an aromatic ring is 1. The molecule has 32 heavy (non-hydrogen) atoms. The second-order valence-electron chi connectivity index (χ2n) is 7.09. The van der Waals surface area contributed by atoms with Gasteiger partial charge in [-0.15, -0.1) is 0 Å². The van der Waals surface area contributed by atoms with Crippen LogP contribution in [0.1, 0.15) is 19.2 Å². The molecule has 0 saturated carbocycles. The van der Waals surface area contributed by atoms with Crippen LogP contribution in [0.25, 0.3) is 11.0 Å². The van der Waals surface area contributed by atoms with Crippen LogP contribution in [0.5, 0.6) is 0 Å². The molecule has 0 aliphatic carbocycles. The van der Waals surface area contributed by atoms with E-state index >= 15 is 0 Å². The van der Waals surface area contributed by atoms with E-state index in [2.05, 4.69) is 20.3 Å². The van der Waals surface area contributed by atoms with Gasteiger partial charge in [0.15, 0.2) is 12.4 Å². The Kier molecular flexibility index (Phi) is 6.11. The molecule has 0 fully saturated rings. The summed E-state index contributed by atoms with van der Waals surface area (Å²) in [7, 11) is 0. The van der Waals surface area contributed by atoms with Gasteiger partial charge in [-0.05, 0) is 30.7 Å². The highest BCUT2D eigenvalue weighted by Gasteiger charge is 2.16. The molecule has 10 heteroatoms. The number of nitrogens with one attached hydrogen (secondary N) is 1. The van der Waals surface area contributed by atoms with Crippen LogP contribution < -0.4 is 16.7 Å². The van der Waals surface area contributed by atoms with Gasteiger partial charge in [0.1, 0.15) is 6.54 Å². The molecule has 2 aromatic heterocycles. The van der Waals surface area contributed by atoms with Crippen LogP contribution in [0.2, 0.25) is 0 Å². The predicted molar refractivity (Wildman–Crippen MR) is 120 cm³/mol. The molecule has 2 heterocycles. The highest BCUT2D eigenvalue weighted by atomic mass is 16.5. The number of hydrogen-bond donors (Lipinski definition) is 2. The van der Waals surface area contributed by atoms with Crippen LogP contribution in [0, 0.1) is 0 Å². The van der Waals surface area contributed by atoms with Gasteiger partial charge in [0.2, 0.25) is 11.9 Å². The van der Waals surface area contributed by atoms with Crippen molar-refractivity contribution in [1.82, 2.24) is 24.1 Å². The summed E-state index contributed by atoms with van der Waals surface area (Å²) in [6.45, 7) is 2.15. The minimum Gasteiger partial charge on any atom is -0.456 e. The number of aromatic nitrogens is 5. The topological polar surface area (TPSA) is 130 Å². The number of anilines is 3. The van der Waals surface area contributed by atoms with Gasteiger partial charge in [-0.1, -0.05) is 37.3 Å². The SMILES string of the molecule is CCCn1c(=O)n(CC(=O)OCc2nc(N)nc(Nc3ccccc3)n2)c2ccccc21. The van der Waals surface area contributed by atoms with Gasteiger partial charge < -0.3 is 15.8 Å². The Morgan fingerprint density at radius 3 is 2.41 bits per heavy atom. The van der Waals surface area contributed by atoms with Gasteiger partial charge in [0.25, 0.3) is 0 Å². The number of nitrogens with zero attached hydrogens (tertiary/aromatic N) is 5. The zero-order valence-corrected chi connectivity index (χ0v) is 17.6. The smallest absolute Gasteiger partial charge is 0.329 e. The highest BCUT2D eigenvalue weighted by Crippen LogP contribution is 2.15. The Hall–Kier alpha value is -4.21. The largest absolute Gasteiger partial charge is 0.456 e. The average molecular weight is 433 g/mol. The third-order valence-corrected chi connectivity index (χ3v) is 4.75. The van der Waals surface area contributed by atoms with E-state index < -0.39 is 5.97 Å². The molecule has 0 amide bonds. The summed E-state index contributed by atoms with van der Waals surface area (Å²) in [5.41, 5.74) is 7.77. The lowest BCUT2D eigenvalue weighted by molar-refractivity contribution is -0.145. The van der Waals surface area contributed by atoms with Crippen molar-refractivity contribution in [2.45, 2.75) is 33.0 Å². The second kappa shape index (κ2) is 9.29. The first-order valence-corrected chi connectivity index (χ1v) is 10.2. The Bertz CT molecular complexity index is 1300. The third kappa shape index (κ3) is 4.59. The van der Waals surface area contributed by atoms with Gasteiger partial charge in [0, 0.05) is 12.2 Å². The number of fused-ring (bicyclic) bond motifs is 1. The molecule has 3 N–H and O–H groups in total. The standard InChI is InChI=1S/C22H23N7O3/c1-2-12-28-16-10-6-7-11-17(16)29(22(28)31)13-19(30)32-14-18-25-20(23)27-21(26-18)24-15-8-4-3-5-9-15/h3-11H,2,12-14H2,1H3,(H3,23,24,25,26,27). The molecule has 0 unspecified atom stereocenters. The Morgan fingerprint density at radius 2 is 1.69 bits per heavy atom. The number of esters is 1. The van der Waals surface area contributed by atoms with Crippen LogP contribution in [0.4, 0.5) is 17.6 Å². The minimum atomic E-state index is -0.581. The van der Waals surface area contributed by atoms with Crippen molar-refractivity contribution in [2.75, 3.05) is 11.1 Å². The average Bonchev–Trinajstić information content (AvgIpc) is 3.04. The summed E-state index contributed by atoms with van der Waals surface area (Å²) in [4.78, 5) is 37.6. The summed E-state index contributed by atoms with van der Waals surface area (Å²) in [6, 6.07) is 16.7. The molecule has 4 rings (SSSR count). The van der Waals surface area contributed by atoms with Crippen LogP contribution in [0.3, 0.4) is 0 Å². The summed E-state index contributed by atoms with van der Waals surface area (Å²) in [6.07, 6.45) is 0.804. The zero-order chi connectivity index (χ0) is 22.5. The first-order chi connectivity index (χ1) is 15.5. The number of ether oxygens (including phenoxy) is 1. The predicted octanol–water partition coefficient (Wildman–Crippen LogP) is 2.47. The lowest BCUT2D eigenvalue weighted by Crippen LogP contribution is -2.28. The molecule has 10 nitrogen and oxygen atoms in total. The molecule has 0 radical (unpaired) electrons. The molecule has 0 atom stereocenters. The van der Waals surface area contributed by atoms with Crippen molar-refractivity contribution in [3.05, 3.63) is 70.9 Å². The van der Waals surface area contributed by atoms with E-state index in [1.165, 1.54) is 4.57 Å². The van der Waals surface area contributed by atoms with Crippen molar-refractivity contribution in [1.29, 1.82) is 0 Å². The molecule has 0 aliphatic rings. The van der Waals surface area contributed by atoms with Crippen molar-refractivity contribution in [3.63, 3.8) is 0 Å². The number of para-hydroxylation sites is 3. The Morgan fingerprint density at radius 1 is 1.00 bits per heavy atom. The van der Waals surface area contributed by atoms with E-state index in [4.69, 9.17) is 10.5 Å². The summed E-state index contributed by atoms with van der Waals surface area (Å²) in [5, 5.41) is 3.02. The van der Waals surface area contributed by atoms with Crippen molar-refractivity contribution in [3.8, 4) is 0 Å². The van der Waals surface area contributed by atoms with Crippen LogP contribution in [-0.4, -0.2) is 30.1 Å². The number of nitrogens with two attached hydrogens (primary N) is 1. The lowest BCUT2D eigenvalue weighted by atomic mass is 10.3. The molecule has 4 aromatic rings. The van der Waals surface area contributed by atoms with E-state index in [1.54, 1.807) is 4.57 Å². The highest BCUT2D eigenvalue weighted by molar-refractivity contribution is 5.78. The summed E-state index contributed by atoms with van der Waals surface area (Å²) in [5.74, 6) is -0.134. The fraction of sp³-hybridized carbons (Fsp3) is 0.227. The normalized spacial score (nSPS) is 10.9. The quantitative estimate of drug-likeness (QED) is 0.405. The fourth-order valence-corrected chi connectivity index (χ4v) is 3.39. The lowest BCUT2D eigenvalue weighted by Gasteiger charge is -2.08. The third-order valence-electron chi connectivity index (χ3n) is 4.75. The van der Waals surface area contributed by atoms with Crippen LogP contribution >= 0.6 is 0 Å². The molecule has 0 bridgehead atoms. The number of aryl methyl sites for hydroxylation is 1. The first kappa shape index (κ1) is 21.0. The van der Waals surface area contributed by atoms with Gasteiger partial charge in [-0.25, -0.2) is 4.79 Å². The van der Waals surface area contributed by atoms with E-state index in [-0.39, 0.29) is 36.6 Å². The number of carbonyl (C=O) groups is 1. The summed E-state index contributed by atoms with van der Waals surface area (Å²) >= 11 is 0. The van der Waals surface area contributed by atoms with Gasteiger partial charge in [-0.3, -0.25) is 13.9 Å². The molecule has 2 aromatic carbocycles. The maximum Gasteiger partial charge on any atom is 0.329 e. The van der Waals surface area contributed by atoms with Crippen molar-refractivity contribution < 1.29 is 9.53 Å². The minimum absolute atomic E-state index is 0.00309. The van der Waals surface area contributed by atoms with E-state index in [9.17, 15) is 9.59 Å². The van der Waals surface area contributed by atoms with E-state index in [1.807, 2.05) is 61.5 Å². The fourth-order valence-electron chi connectivity index (χ4n) is 3.39. The first-order valence-electron chi connectivity index (χ1n) is 10.2. The van der Waals surface area contributed by atoms with Crippen LogP contribution in [0.15, 0.2) is 59.4 Å². The molecule has 164 valence electrons. The molecule has 0 aliphatic heterocycles. The van der Waals surface area contributed by atoms with Gasteiger partial charge in [0.05, 0.1) is 11.0 Å². The molecule has 0 spiro atoms. The molecular formula is C22H23N7O3. The summed E-state index contributed by atoms with van der Waals surface area (Å²) < 4.78 is 8.40. The molecular weight excluding hydrogens is 410 g/mol. The number of carbonyl (C=O) groups excluding carboxylic acids is 1.